The van der Waals surface area contributed by atoms with Crippen molar-refractivity contribution in [2.24, 2.45) is 0 Å². The van der Waals surface area contributed by atoms with Crippen molar-refractivity contribution in [1.82, 2.24) is 19.5 Å². The van der Waals surface area contributed by atoms with Crippen LogP contribution >= 0.6 is 0 Å². The number of nitrogen functional groups attached to an aromatic ring is 1. The highest BCUT2D eigenvalue weighted by molar-refractivity contribution is 5.81. The summed E-state index contributed by atoms with van der Waals surface area (Å²) in [7, 11) is 0. The molecule has 19 heavy (non-hydrogen) atoms. The molecule has 0 spiro atoms. The zero-order valence-corrected chi connectivity index (χ0v) is 10.1. The van der Waals surface area contributed by atoms with Gasteiger partial charge in [0.25, 0.3) is 5.56 Å². The largest absolute Gasteiger partial charge is 0.479 e. The maximum absolute atomic E-state index is 11.7. The number of hydrogen-bond donors (Lipinski definition) is 3. The molecule has 8 heteroatoms. The lowest BCUT2D eigenvalue weighted by Gasteiger charge is -2.25. The normalized spacial score (nSPS) is 17.9. The fourth-order valence-electron chi connectivity index (χ4n) is 2.76. The Hall–Kier alpha value is -2.38. The lowest BCUT2D eigenvalue weighted by atomic mass is 9.97. The number of nitrogens with two attached hydrogens (primary N) is 1. The van der Waals surface area contributed by atoms with Gasteiger partial charge in [0.2, 0.25) is 5.95 Å². The maximum atomic E-state index is 11.7. The molecule has 2 aromatic rings. The number of nitrogens with zero attached hydrogens (tertiary/aromatic N) is 3. The number of aromatic amines is 1. The van der Waals surface area contributed by atoms with Gasteiger partial charge in [0.1, 0.15) is 5.54 Å². The van der Waals surface area contributed by atoms with Gasteiger partial charge >= 0.3 is 5.97 Å². The number of fused-ring (bicyclic) bond motifs is 1. The zero-order valence-electron chi connectivity index (χ0n) is 10.1. The van der Waals surface area contributed by atoms with Crippen LogP contribution in [0.4, 0.5) is 5.95 Å². The lowest BCUT2D eigenvalue weighted by molar-refractivity contribution is -0.147. The molecule has 100 valence electrons. The molecule has 4 N–H and O–H groups in total. The summed E-state index contributed by atoms with van der Waals surface area (Å²) in [6.07, 6.45) is 4.02. The van der Waals surface area contributed by atoms with Crippen molar-refractivity contribution in [3.63, 3.8) is 0 Å². The predicted molar refractivity (Wildman–Crippen MR) is 66.6 cm³/mol. The maximum Gasteiger partial charge on any atom is 0.329 e. The zero-order chi connectivity index (χ0) is 13.6. The molecule has 1 saturated carbocycles. The van der Waals surface area contributed by atoms with E-state index in [-0.39, 0.29) is 17.1 Å². The predicted octanol–water partition coefficient (Wildman–Crippen LogP) is 0.0557. The van der Waals surface area contributed by atoms with E-state index in [4.69, 9.17) is 5.73 Å². The first-order chi connectivity index (χ1) is 9.04. The van der Waals surface area contributed by atoms with E-state index < -0.39 is 17.1 Å². The number of carbonyl (C=O) groups is 1. The highest BCUT2D eigenvalue weighted by Gasteiger charge is 2.44. The van der Waals surface area contributed by atoms with Crippen LogP contribution in [0.1, 0.15) is 25.7 Å². The minimum absolute atomic E-state index is 0.0437. The molecule has 2 aromatic heterocycles. The van der Waals surface area contributed by atoms with Crippen LogP contribution in [-0.2, 0) is 10.3 Å². The van der Waals surface area contributed by atoms with Crippen LogP contribution in [0.5, 0.6) is 0 Å². The molecule has 0 saturated heterocycles. The summed E-state index contributed by atoms with van der Waals surface area (Å²) in [6.45, 7) is 0. The molecule has 0 bridgehead atoms. The van der Waals surface area contributed by atoms with Gasteiger partial charge in [-0.05, 0) is 12.8 Å². The first-order valence-electron chi connectivity index (χ1n) is 6.01. The van der Waals surface area contributed by atoms with Gasteiger partial charge < -0.3 is 10.8 Å². The lowest BCUT2D eigenvalue weighted by Crippen LogP contribution is -2.39. The molecule has 0 aromatic carbocycles. The molecular formula is C11H13N5O3. The third-order valence-electron chi connectivity index (χ3n) is 3.72. The molecule has 0 radical (unpaired) electrons. The Morgan fingerprint density at radius 1 is 1.47 bits per heavy atom. The summed E-state index contributed by atoms with van der Waals surface area (Å²) in [5, 5.41) is 9.54. The van der Waals surface area contributed by atoms with Gasteiger partial charge in [0, 0.05) is 0 Å². The highest BCUT2D eigenvalue weighted by atomic mass is 16.4. The quantitative estimate of drug-likeness (QED) is 0.702. The average Bonchev–Trinajstić information content (AvgIpc) is 2.94. The summed E-state index contributed by atoms with van der Waals surface area (Å²) in [4.78, 5) is 33.7. The van der Waals surface area contributed by atoms with Gasteiger partial charge in [-0.1, -0.05) is 12.8 Å². The number of anilines is 1. The Morgan fingerprint density at radius 3 is 2.79 bits per heavy atom. The van der Waals surface area contributed by atoms with Crippen LogP contribution < -0.4 is 11.3 Å². The molecule has 0 atom stereocenters. The molecule has 0 aliphatic heterocycles. The van der Waals surface area contributed by atoms with E-state index in [0.717, 1.165) is 12.8 Å². The van der Waals surface area contributed by atoms with Crippen LogP contribution in [0.25, 0.3) is 11.2 Å². The molecular weight excluding hydrogens is 250 g/mol. The number of carboxylic acids is 1. The third-order valence-corrected chi connectivity index (χ3v) is 3.72. The number of carboxylic acid groups (broad SMARTS) is 1. The fraction of sp³-hybridized carbons (Fsp3) is 0.455. The van der Waals surface area contributed by atoms with Gasteiger partial charge in [-0.2, -0.15) is 4.98 Å². The Balaban J connectivity index is 2.31. The SMILES string of the molecule is Nc1nc2c(ncn2C2(C(=O)O)CCCC2)c(=O)[nH]1. The van der Waals surface area contributed by atoms with Crippen molar-refractivity contribution in [3.8, 4) is 0 Å². The second kappa shape index (κ2) is 3.81. The average molecular weight is 263 g/mol. The smallest absolute Gasteiger partial charge is 0.329 e. The Kier molecular flexibility index (Phi) is 2.34. The van der Waals surface area contributed by atoms with Crippen molar-refractivity contribution in [1.29, 1.82) is 0 Å². The summed E-state index contributed by atoms with van der Waals surface area (Å²) >= 11 is 0. The molecule has 8 nitrogen and oxygen atoms in total. The van der Waals surface area contributed by atoms with Gasteiger partial charge in [0.05, 0.1) is 6.33 Å². The van der Waals surface area contributed by atoms with Crippen LogP contribution in [0.15, 0.2) is 11.1 Å². The molecule has 1 aliphatic rings. The van der Waals surface area contributed by atoms with Gasteiger partial charge in [-0.3, -0.25) is 14.3 Å². The van der Waals surface area contributed by atoms with E-state index >= 15 is 0 Å². The summed E-state index contributed by atoms with van der Waals surface area (Å²) < 4.78 is 1.48. The van der Waals surface area contributed by atoms with Gasteiger partial charge in [-0.15, -0.1) is 0 Å². The first kappa shape index (κ1) is 11.7. The van der Waals surface area contributed by atoms with Crippen molar-refractivity contribution in [3.05, 3.63) is 16.7 Å². The number of aromatic nitrogens is 4. The van der Waals surface area contributed by atoms with Crippen LogP contribution in [0.2, 0.25) is 0 Å². The van der Waals surface area contributed by atoms with Crippen LogP contribution in [0, 0.1) is 0 Å². The standard InChI is InChI=1S/C11H13N5O3/c12-10-14-7-6(8(17)15-10)13-5-16(7)11(9(18)19)3-1-2-4-11/h5H,1-4H2,(H,18,19)(H3,12,14,15,17). The number of hydrogen-bond acceptors (Lipinski definition) is 5. The molecule has 1 fully saturated rings. The highest BCUT2D eigenvalue weighted by Crippen LogP contribution is 2.38. The topological polar surface area (TPSA) is 127 Å². The van der Waals surface area contributed by atoms with E-state index in [2.05, 4.69) is 15.0 Å². The molecule has 2 heterocycles. The van der Waals surface area contributed by atoms with Crippen molar-refractivity contribution in [2.75, 3.05) is 5.73 Å². The van der Waals surface area contributed by atoms with E-state index in [9.17, 15) is 14.7 Å². The van der Waals surface area contributed by atoms with Gasteiger partial charge in [-0.25, -0.2) is 9.78 Å². The summed E-state index contributed by atoms with van der Waals surface area (Å²) in [6, 6.07) is 0. The van der Waals surface area contributed by atoms with Crippen LogP contribution in [-0.4, -0.2) is 30.6 Å². The third kappa shape index (κ3) is 1.52. The van der Waals surface area contributed by atoms with E-state index in [0.29, 0.717) is 12.8 Å². The number of nitrogens with one attached hydrogen (secondary N) is 1. The minimum atomic E-state index is -1.07. The monoisotopic (exact) mass is 263 g/mol. The minimum Gasteiger partial charge on any atom is -0.479 e. The first-order valence-corrected chi connectivity index (χ1v) is 6.01. The van der Waals surface area contributed by atoms with Crippen molar-refractivity contribution >= 4 is 23.1 Å². The Labute approximate surface area is 107 Å². The van der Waals surface area contributed by atoms with E-state index in [1.54, 1.807) is 0 Å². The fourth-order valence-corrected chi connectivity index (χ4v) is 2.76. The van der Waals surface area contributed by atoms with E-state index in [1.807, 2.05) is 0 Å². The number of imidazole rings is 1. The second-order valence-electron chi connectivity index (χ2n) is 4.78. The van der Waals surface area contributed by atoms with E-state index in [1.165, 1.54) is 10.9 Å². The molecule has 1 aliphatic carbocycles. The summed E-state index contributed by atoms with van der Waals surface area (Å²) in [5.74, 6) is -0.970. The Morgan fingerprint density at radius 2 is 2.16 bits per heavy atom. The number of rotatable bonds is 2. The van der Waals surface area contributed by atoms with Gasteiger partial charge in [0.15, 0.2) is 11.2 Å². The molecule has 0 amide bonds. The van der Waals surface area contributed by atoms with Crippen LogP contribution in [0.3, 0.4) is 0 Å². The van der Waals surface area contributed by atoms with Crippen molar-refractivity contribution in [2.45, 2.75) is 31.2 Å². The number of aliphatic carboxylic acids is 1. The molecule has 3 rings (SSSR count). The number of H-pyrrole nitrogens is 1. The van der Waals surface area contributed by atoms with Crippen molar-refractivity contribution < 1.29 is 9.90 Å². The Bertz CT molecular complexity index is 711. The summed E-state index contributed by atoms with van der Waals surface area (Å²) in [5.41, 5.74) is 4.33. The molecule has 0 unspecified atom stereocenters. The second-order valence-corrected chi connectivity index (χ2v) is 4.78.